The number of esters is 1. The van der Waals surface area contributed by atoms with Gasteiger partial charge < -0.3 is 9.47 Å². The summed E-state index contributed by atoms with van der Waals surface area (Å²) < 4.78 is 70.4. The van der Waals surface area contributed by atoms with Crippen molar-refractivity contribution in [1.29, 1.82) is 0 Å². The highest BCUT2D eigenvalue weighted by Gasteiger charge is 2.65. The SMILES string of the molecule is COc1cc(Br)ccc1OC(=O)C(F)(F)C(F)(F)F. The van der Waals surface area contributed by atoms with E-state index in [-0.39, 0.29) is 5.75 Å². The number of benzene rings is 1. The van der Waals surface area contributed by atoms with E-state index >= 15 is 0 Å². The van der Waals surface area contributed by atoms with Gasteiger partial charge in [-0.3, -0.25) is 0 Å². The summed E-state index contributed by atoms with van der Waals surface area (Å²) in [5.74, 6) is -9.02. The summed E-state index contributed by atoms with van der Waals surface area (Å²) in [6.07, 6.45) is -6.02. The molecule has 9 heteroatoms. The zero-order valence-corrected chi connectivity index (χ0v) is 10.8. The number of ether oxygens (including phenoxy) is 2. The molecule has 0 aliphatic rings. The lowest BCUT2D eigenvalue weighted by molar-refractivity contribution is -0.276. The molecule has 0 radical (unpaired) electrons. The fourth-order valence-electron chi connectivity index (χ4n) is 1.01. The summed E-state index contributed by atoms with van der Waals surface area (Å²) in [5, 5.41) is 0. The van der Waals surface area contributed by atoms with Gasteiger partial charge in [0.2, 0.25) is 0 Å². The molecule has 106 valence electrons. The predicted molar refractivity (Wildman–Crippen MR) is 57.3 cm³/mol. The minimum atomic E-state index is -6.02. The topological polar surface area (TPSA) is 35.5 Å². The average Bonchev–Trinajstić information content (AvgIpc) is 2.29. The van der Waals surface area contributed by atoms with E-state index in [2.05, 4.69) is 20.7 Å². The van der Waals surface area contributed by atoms with Gasteiger partial charge in [0.15, 0.2) is 11.5 Å². The van der Waals surface area contributed by atoms with Crippen LogP contribution in [0.15, 0.2) is 22.7 Å². The van der Waals surface area contributed by atoms with E-state index in [1.165, 1.54) is 12.1 Å². The molecule has 0 N–H and O–H groups in total. The van der Waals surface area contributed by atoms with Crippen molar-refractivity contribution in [1.82, 2.24) is 0 Å². The molecule has 0 bridgehead atoms. The molecule has 0 spiro atoms. The summed E-state index contributed by atoms with van der Waals surface area (Å²) in [4.78, 5) is 10.9. The van der Waals surface area contributed by atoms with Gasteiger partial charge in [0.25, 0.3) is 0 Å². The first-order valence-corrected chi connectivity index (χ1v) is 5.39. The molecular weight excluding hydrogens is 343 g/mol. The zero-order valence-electron chi connectivity index (χ0n) is 9.22. The van der Waals surface area contributed by atoms with E-state index in [4.69, 9.17) is 4.74 Å². The molecule has 1 rings (SSSR count). The molecule has 0 aliphatic carbocycles. The average molecular weight is 349 g/mol. The van der Waals surface area contributed by atoms with Gasteiger partial charge in [-0.05, 0) is 18.2 Å². The van der Waals surface area contributed by atoms with Gasteiger partial charge in [-0.25, -0.2) is 4.79 Å². The number of carbonyl (C=O) groups is 1. The van der Waals surface area contributed by atoms with Crippen LogP contribution in [0.25, 0.3) is 0 Å². The third-order valence-electron chi connectivity index (χ3n) is 1.94. The van der Waals surface area contributed by atoms with Gasteiger partial charge >= 0.3 is 18.1 Å². The molecule has 0 saturated carbocycles. The molecule has 0 heterocycles. The van der Waals surface area contributed by atoms with E-state index in [1.807, 2.05) is 0 Å². The first-order chi connectivity index (χ1) is 8.59. The molecule has 0 saturated heterocycles. The molecule has 0 amide bonds. The number of halogens is 6. The first kappa shape index (κ1) is 15.7. The maximum absolute atomic E-state index is 12.7. The van der Waals surface area contributed by atoms with Crippen LogP contribution in [-0.4, -0.2) is 25.2 Å². The predicted octanol–water partition coefficient (Wildman–Crippen LogP) is 3.56. The van der Waals surface area contributed by atoms with Crippen molar-refractivity contribution >= 4 is 21.9 Å². The van der Waals surface area contributed by atoms with E-state index in [9.17, 15) is 26.7 Å². The van der Waals surface area contributed by atoms with Crippen molar-refractivity contribution in [2.45, 2.75) is 12.1 Å². The van der Waals surface area contributed by atoms with Crippen LogP contribution in [0.1, 0.15) is 0 Å². The molecule has 0 fully saturated rings. The molecule has 19 heavy (non-hydrogen) atoms. The van der Waals surface area contributed by atoms with Crippen LogP contribution in [-0.2, 0) is 4.79 Å². The van der Waals surface area contributed by atoms with E-state index in [0.717, 1.165) is 13.2 Å². The molecular formula is C10H6BrF5O3. The normalized spacial score (nSPS) is 12.2. The van der Waals surface area contributed by atoms with Crippen molar-refractivity contribution in [2.75, 3.05) is 7.11 Å². The van der Waals surface area contributed by atoms with Crippen LogP contribution in [0.2, 0.25) is 0 Å². The molecule has 0 aliphatic heterocycles. The molecule has 0 aromatic heterocycles. The molecule has 1 aromatic rings. The van der Waals surface area contributed by atoms with Crippen LogP contribution in [0, 0.1) is 0 Å². The number of hydrogen-bond acceptors (Lipinski definition) is 3. The van der Waals surface area contributed by atoms with Crippen molar-refractivity contribution in [3.8, 4) is 11.5 Å². The number of carbonyl (C=O) groups excluding carboxylic acids is 1. The van der Waals surface area contributed by atoms with E-state index in [0.29, 0.717) is 4.47 Å². The zero-order chi connectivity index (χ0) is 14.8. The smallest absolute Gasteiger partial charge is 0.465 e. The van der Waals surface area contributed by atoms with Crippen LogP contribution in [0.3, 0.4) is 0 Å². The Kier molecular flexibility index (Phi) is 4.39. The lowest BCUT2D eigenvalue weighted by Gasteiger charge is -2.18. The largest absolute Gasteiger partial charge is 0.493 e. The Morgan fingerprint density at radius 2 is 1.74 bits per heavy atom. The standard InChI is InChI=1S/C10H6BrF5O3/c1-18-7-4-5(11)2-3-6(7)19-8(17)9(12,13)10(14,15)16/h2-4H,1H3. The molecule has 3 nitrogen and oxygen atoms in total. The summed E-state index contributed by atoms with van der Waals surface area (Å²) in [7, 11) is 1.14. The Morgan fingerprint density at radius 1 is 1.16 bits per heavy atom. The molecule has 0 atom stereocenters. The monoisotopic (exact) mass is 348 g/mol. The fraction of sp³-hybridized carbons (Fsp3) is 0.300. The van der Waals surface area contributed by atoms with Crippen molar-refractivity contribution in [3.63, 3.8) is 0 Å². The van der Waals surface area contributed by atoms with Crippen molar-refractivity contribution < 1.29 is 36.2 Å². The van der Waals surface area contributed by atoms with Gasteiger partial charge in [-0.2, -0.15) is 22.0 Å². The number of alkyl halides is 5. The highest BCUT2D eigenvalue weighted by atomic mass is 79.9. The minimum Gasteiger partial charge on any atom is -0.493 e. The van der Waals surface area contributed by atoms with E-state index < -0.39 is 23.8 Å². The minimum absolute atomic E-state index is 0.166. The van der Waals surface area contributed by atoms with Crippen molar-refractivity contribution in [2.24, 2.45) is 0 Å². The van der Waals surface area contributed by atoms with Gasteiger partial charge in [-0.1, -0.05) is 15.9 Å². The Labute approximate surface area is 112 Å². The van der Waals surface area contributed by atoms with Gasteiger partial charge in [0.1, 0.15) is 0 Å². The lowest BCUT2D eigenvalue weighted by Crippen LogP contribution is -2.46. The number of rotatable bonds is 3. The van der Waals surface area contributed by atoms with Gasteiger partial charge in [-0.15, -0.1) is 0 Å². The van der Waals surface area contributed by atoms with Crippen molar-refractivity contribution in [3.05, 3.63) is 22.7 Å². The Hall–Kier alpha value is -1.38. The van der Waals surface area contributed by atoms with Gasteiger partial charge in [0.05, 0.1) is 7.11 Å². The van der Waals surface area contributed by atoms with Gasteiger partial charge in [0, 0.05) is 4.47 Å². The molecule has 0 unspecified atom stereocenters. The number of methoxy groups -OCH3 is 1. The number of hydrogen-bond donors (Lipinski definition) is 0. The molecule has 1 aromatic carbocycles. The summed E-state index contributed by atoms with van der Waals surface area (Å²) >= 11 is 3.03. The second-order valence-electron chi connectivity index (χ2n) is 3.26. The summed E-state index contributed by atoms with van der Waals surface area (Å²) in [6, 6.07) is 3.55. The van der Waals surface area contributed by atoms with Crippen LogP contribution in [0.4, 0.5) is 22.0 Å². The highest BCUT2D eigenvalue weighted by Crippen LogP contribution is 2.38. The lowest BCUT2D eigenvalue weighted by atomic mass is 10.3. The summed E-state index contributed by atoms with van der Waals surface area (Å²) in [6.45, 7) is 0. The van der Waals surface area contributed by atoms with Crippen LogP contribution >= 0.6 is 15.9 Å². The quantitative estimate of drug-likeness (QED) is 0.476. The van der Waals surface area contributed by atoms with E-state index in [1.54, 1.807) is 0 Å². The summed E-state index contributed by atoms with van der Waals surface area (Å²) in [5.41, 5.74) is 0. The Morgan fingerprint density at radius 3 is 2.21 bits per heavy atom. The third-order valence-corrected chi connectivity index (χ3v) is 2.43. The second kappa shape index (κ2) is 5.32. The third kappa shape index (κ3) is 3.34. The second-order valence-corrected chi connectivity index (χ2v) is 4.17. The van der Waals surface area contributed by atoms with Crippen LogP contribution in [0.5, 0.6) is 11.5 Å². The first-order valence-electron chi connectivity index (χ1n) is 4.60. The maximum Gasteiger partial charge on any atom is 0.465 e. The van der Waals surface area contributed by atoms with Crippen LogP contribution < -0.4 is 9.47 Å². The maximum atomic E-state index is 12.7. The fourth-order valence-corrected chi connectivity index (χ4v) is 1.35. The Bertz CT molecular complexity index is 487. The Balaban J connectivity index is 3.01. The highest BCUT2D eigenvalue weighted by molar-refractivity contribution is 9.10.